The number of rotatable bonds is 2. The highest BCUT2D eigenvalue weighted by Gasteiger charge is 2.42. The minimum Gasteiger partial charge on any atom is -0.414 e. The Labute approximate surface area is 91.4 Å². The lowest BCUT2D eigenvalue weighted by Crippen LogP contribution is -2.54. The van der Waals surface area contributed by atoms with Crippen LogP contribution in [0.3, 0.4) is 0 Å². The molecule has 1 fully saturated rings. The Morgan fingerprint density at radius 2 is 1.87 bits per heavy atom. The van der Waals surface area contributed by atoms with Crippen LogP contribution in [0.15, 0.2) is 0 Å². The van der Waals surface area contributed by atoms with E-state index in [9.17, 15) is 4.79 Å². The summed E-state index contributed by atoms with van der Waals surface area (Å²) in [5.41, 5.74) is -0.444. The minimum atomic E-state index is -0.444. The molecule has 0 radical (unpaired) electrons. The molecule has 1 rings (SSSR count). The van der Waals surface area contributed by atoms with E-state index in [2.05, 4.69) is 0 Å². The van der Waals surface area contributed by atoms with Gasteiger partial charge < -0.3 is 9.84 Å². The van der Waals surface area contributed by atoms with Crippen LogP contribution < -0.4 is 0 Å². The average Bonchev–Trinajstić information content (AvgIpc) is 2.51. The van der Waals surface area contributed by atoms with Crippen molar-refractivity contribution in [1.82, 2.24) is 0 Å². The van der Waals surface area contributed by atoms with Gasteiger partial charge in [0, 0.05) is 12.8 Å². The second-order valence-corrected chi connectivity index (χ2v) is 5.23. The van der Waals surface area contributed by atoms with Gasteiger partial charge in [-0.15, -0.1) is 0 Å². The Bertz CT molecular complexity index is 226. The number of likely N-dealkylation sites (tertiary alicyclic amines) is 1. The summed E-state index contributed by atoms with van der Waals surface area (Å²) in [5.74, 6) is 0. The Kier molecular flexibility index (Phi) is 3.73. The molecule has 0 atom stereocenters. The van der Waals surface area contributed by atoms with Crippen LogP contribution in [0, 0.1) is 0 Å². The first-order valence-corrected chi connectivity index (χ1v) is 5.60. The lowest BCUT2D eigenvalue weighted by molar-refractivity contribution is -0.846. The fourth-order valence-electron chi connectivity index (χ4n) is 1.99. The van der Waals surface area contributed by atoms with Crippen LogP contribution in [0.25, 0.3) is 0 Å². The van der Waals surface area contributed by atoms with Crippen LogP contribution in [-0.4, -0.2) is 47.5 Å². The maximum atomic E-state index is 12.0. The predicted octanol–water partition coefficient (Wildman–Crippen LogP) is 1.52. The van der Waals surface area contributed by atoms with Crippen LogP contribution in [0.5, 0.6) is 0 Å². The molecule has 4 heteroatoms. The van der Waals surface area contributed by atoms with Crippen LogP contribution >= 0.6 is 0 Å². The normalized spacial score (nSPS) is 20.3. The second kappa shape index (κ2) is 4.49. The van der Waals surface area contributed by atoms with E-state index in [1.807, 2.05) is 20.8 Å². The molecule has 0 aliphatic carbocycles. The molecule has 4 nitrogen and oxygen atoms in total. The van der Waals surface area contributed by atoms with Crippen molar-refractivity contribution in [3.05, 3.63) is 0 Å². The van der Waals surface area contributed by atoms with Crippen molar-refractivity contribution in [2.75, 3.05) is 26.2 Å². The van der Waals surface area contributed by atoms with Crippen molar-refractivity contribution < 1.29 is 19.1 Å². The monoisotopic (exact) mass is 216 g/mol. The Hall–Kier alpha value is -0.610. The fraction of sp³-hybridized carbons (Fsp3) is 0.909. The van der Waals surface area contributed by atoms with E-state index in [-0.39, 0.29) is 12.7 Å². The summed E-state index contributed by atoms with van der Waals surface area (Å²) in [5, 5.41) is 9.02. The van der Waals surface area contributed by atoms with E-state index in [0.29, 0.717) is 11.0 Å². The van der Waals surface area contributed by atoms with Crippen molar-refractivity contribution in [3.8, 4) is 0 Å². The third-order valence-corrected chi connectivity index (χ3v) is 2.73. The van der Waals surface area contributed by atoms with Gasteiger partial charge in [-0.2, -0.15) is 4.79 Å². The van der Waals surface area contributed by atoms with Crippen LogP contribution in [0.2, 0.25) is 0 Å². The Morgan fingerprint density at radius 3 is 2.27 bits per heavy atom. The quantitative estimate of drug-likeness (QED) is 0.712. The number of aliphatic hydroxyl groups excluding tert-OH is 1. The number of aliphatic hydroxyl groups is 1. The van der Waals surface area contributed by atoms with Crippen LogP contribution in [0.1, 0.15) is 33.6 Å². The Balaban J connectivity index is 2.68. The first-order chi connectivity index (χ1) is 6.90. The van der Waals surface area contributed by atoms with Crippen LogP contribution in [-0.2, 0) is 4.74 Å². The minimum absolute atomic E-state index is 0.0409. The fourth-order valence-corrected chi connectivity index (χ4v) is 1.99. The van der Waals surface area contributed by atoms with Gasteiger partial charge in [-0.25, -0.2) is 4.48 Å². The average molecular weight is 216 g/mol. The number of quaternary nitrogens is 1. The number of ether oxygens (including phenoxy) is 1. The summed E-state index contributed by atoms with van der Waals surface area (Å²) in [6.45, 7) is 7.74. The molecule has 1 N–H and O–H groups in total. The maximum absolute atomic E-state index is 12.0. The molecule has 0 spiro atoms. The zero-order valence-electron chi connectivity index (χ0n) is 9.95. The molecule has 0 aromatic heterocycles. The van der Waals surface area contributed by atoms with E-state index in [4.69, 9.17) is 9.84 Å². The molecule has 1 heterocycles. The number of hydrogen-bond acceptors (Lipinski definition) is 3. The third kappa shape index (κ3) is 3.18. The first kappa shape index (κ1) is 12.5. The number of carbonyl (C=O) groups is 1. The molecule has 0 saturated carbocycles. The van der Waals surface area contributed by atoms with E-state index < -0.39 is 5.60 Å². The van der Waals surface area contributed by atoms with E-state index in [1.54, 1.807) is 0 Å². The standard InChI is InChI=1S/C11H22NO3/c1-11(2,3)15-10(14)12(8-9-13)6-4-5-7-12/h13H,4-9H2,1-3H3/q+1. The predicted molar refractivity (Wildman–Crippen MR) is 57.4 cm³/mol. The summed E-state index contributed by atoms with van der Waals surface area (Å²) in [7, 11) is 0. The van der Waals surface area contributed by atoms with Gasteiger partial charge in [-0.3, -0.25) is 0 Å². The Morgan fingerprint density at radius 1 is 1.33 bits per heavy atom. The molecule has 1 amide bonds. The maximum Gasteiger partial charge on any atom is 0.516 e. The summed E-state index contributed by atoms with van der Waals surface area (Å²) in [6, 6.07) is 0. The van der Waals surface area contributed by atoms with Crippen molar-refractivity contribution in [2.24, 2.45) is 0 Å². The van der Waals surface area contributed by atoms with E-state index in [0.717, 1.165) is 25.9 Å². The van der Waals surface area contributed by atoms with Gasteiger partial charge in [-0.05, 0) is 20.8 Å². The smallest absolute Gasteiger partial charge is 0.414 e. The highest BCUT2D eigenvalue weighted by molar-refractivity contribution is 5.60. The molecule has 1 aliphatic heterocycles. The highest BCUT2D eigenvalue weighted by Crippen LogP contribution is 2.23. The van der Waals surface area contributed by atoms with Gasteiger partial charge in [0.1, 0.15) is 12.1 Å². The molecule has 15 heavy (non-hydrogen) atoms. The van der Waals surface area contributed by atoms with Gasteiger partial charge in [0.05, 0.1) is 19.7 Å². The second-order valence-electron chi connectivity index (χ2n) is 5.23. The molecule has 88 valence electrons. The summed E-state index contributed by atoms with van der Waals surface area (Å²) in [4.78, 5) is 12.0. The molecule has 0 unspecified atom stereocenters. The summed E-state index contributed by atoms with van der Waals surface area (Å²) >= 11 is 0. The molecule has 0 bridgehead atoms. The lowest BCUT2D eigenvalue weighted by Gasteiger charge is -2.32. The molecule has 1 saturated heterocycles. The third-order valence-electron chi connectivity index (χ3n) is 2.73. The molecule has 1 aliphatic rings. The van der Waals surface area contributed by atoms with Crippen molar-refractivity contribution in [3.63, 3.8) is 0 Å². The van der Waals surface area contributed by atoms with Gasteiger partial charge in [0.15, 0.2) is 0 Å². The number of hydrogen-bond donors (Lipinski definition) is 1. The molecular weight excluding hydrogens is 194 g/mol. The lowest BCUT2D eigenvalue weighted by atomic mass is 10.2. The topological polar surface area (TPSA) is 46.5 Å². The van der Waals surface area contributed by atoms with Crippen molar-refractivity contribution in [2.45, 2.75) is 39.2 Å². The van der Waals surface area contributed by atoms with Gasteiger partial charge in [-0.1, -0.05) is 0 Å². The summed E-state index contributed by atoms with van der Waals surface area (Å²) in [6.07, 6.45) is 1.90. The van der Waals surface area contributed by atoms with E-state index in [1.165, 1.54) is 0 Å². The number of carbonyl (C=O) groups excluding carboxylic acids is 1. The number of nitrogens with zero attached hydrogens (tertiary/aromatic N) is 1. The molecular formula is C11H22NO3+. The van der Waals surface area contributed by atoms with E-state index >= 15 is 0 Å². The van der Waals surface area contributed by atoms with Gasteiger partial charge >= 0.3 is 6.09 Å². The van der Waals surface area contributed by atoms with Crippen LogP contribution in [0.4, 0.5) is 4.79 Å². The summed E-state index contributed by atoms with van der Waals surface area (Å²) < 4.78 is 5.70. The molecule has 0 aromatic carbocycles. The zero-order valence-corrected chi connectivity index (χ0v) is 9.95. The first-order valence-electron chi connectivity index (χ1n) is 5.60. The van der Waals surface area contributed by atoms with Crippen molar-refractivity contribution in [1.29, 1.82) is 0 Å². The highest BCUT2D eigenvalue weighted by atomic mass is 16.6. The SMILES string of the molecule is CC(C)(C)OC(=O)[N+]1(CCO)CCCC1. The number of amides is 1. The van der Waals surface area contributed by atoms with Crippen molar-refractivity contribution >= 4 is 6.09 Å². The zero-order chi connectivity index (χ0) is 11.5. The van der Waals surface area contributed by atoms with Gasteiger partial charge in [0.25, 0.3) is 0 Å². The van der Waals surface area contributed by atoms with Gasteiger partial charge in [0.2, 0.25) is 0 Å². The molecule has 0 aromatic rings. The largest absolute Gasteiger partial charge is 0.516 e.